The molecule has 0 aliphatic carbocycles. The first-order chi connectivity index (χ1) is 12.2. The third-order valence-electron chi connectivity index (χ3n) is 3.55. The molecule has 25 heavy (non-hydrogen) atoms. The zero-order valence-corrected chi connectivity index (χ0v) is 14.2. The molecule has 126 valence electrons. The van der Waals surface area contributed by atoms with Gasteiger partial charge in [0.25, 0.3) is 5.91 Å². The molecule has 1 heterocycles. The van der Waals surface area contributed by atoms with E-state index in [9.17, 15) is 4.79 Å². The summed E-state index contributed by atoms with van der Waals surface area (Å²) in [6.07, 6.45) is 1.66. The molecule has 0 aliphatic heterocycles. The van der Waals surface area contributed by atoms with Gasteiger partial charge in [0.2, 0.25) is 11.7 Å². The fourth-order valence-corrected chi connectivity index (χ4v) is 2.46. The van der Waals surface area contributed by atoms with Crippen LogP contribution in [-0.4, -0.2) is 27.5 Å². The van der Waals surface area contributed by atoms with Gasteiger partial charge < -0.3 is 9.42 Å². The van der Waals surface area contributed by atoms with Crippen molar-refractivity contribution in [2.75, 3.05) is 6.54 Å². The summed E-state index contributed by atoms with van der Waals surface area (Å²) in [6.45, 7) is 4.30. The quantitative estimate of drug-likeness (QED) is 0.622. The number of carbonyl (C=O) groups is 1. The Morgan fingerprint density at radius 2 is 1.88 bits per heavy atom. The predicted molar refractivity (Wildman–Crippen MR) is 96.1 cm³/mol. The van der Waals surface area contributed by atoms with E-state index in [4.69, 9.17) is 16.1 Å². The van der Waals surface area contributed by atoms with E-state index in [1.807, 2.05) is 30.3 Å². The number of carbonyl (C=O) groups excluding carboxylic acids is 1. The van der Waals surface area contributed by atoms with Crippen LogP contribution >= 0.6 is 11.6 Å². The average molecular weight is 354 g/mol. The SMILES string of the molecule is C=CCN(Cc1nc(-c2ccc(Cl)cc2)no1)C(=O)c1ccccc1. The Bertz CT molecular complexity index is 860. The first kappa shape index (κ1) is 16.9. The molecular formula is C19H16ClN3O2. The summed E-state index contributed by atoms with van der Waals surface area (Å²) >= 11 is 5.88. The average Bonchev–Trinajstić information content (AvgIpc) is 3.11. The lowest BCUT2D eigenvalue weighted by Gasteiger charge is -2.19. The Morgan fingerprint density at radius 1 is 1.16 bits per heavy atom. The second-order valence-electron chi connectivity index (χ2n) is 5.36. The Hall–Kier alpha value is -2.92. The maximum atomic E-state index is 12.6. The number of aromatic nitrogens is 2. The topological polar surface area (TPSA) is 59.2 Å². The third kappa shape index (κ3) is 4.14. The van der Waals surface area contributed by atoms with Gasteiger partial charge in [-0.3, -0.25) is 4.79 Å². The zero-order chi connectivity index (χ0) is 17.6. The second kappa shape index (κ2) is 7.77. The molecule has 0 saturated carbocycles. The number of amides is 1. The Balaban J connectivity index is 1.78. The fraction of sp³-hybridized carbons (Fsp3) is 0.105. The highest BCUT2D eigenvalue weighted by atomic mass is 35.5. The maximum absolute atomic E-state index is 12.6. The highest BCUT2D eigenvalue weighted by molar-refractivity contribution is 6.30. The zero-order valence-electron chi connectivity index (χ0n) is 13.4. The summed E-state index contributed by atoms with van der Waals surface area (Å²) in [5.41, 5.74) is 1.39. The molecule has 5 nitrogen and oxygen atoms in total. The van der Waals surface area contributed by atoms with E-state index in [0.29, 0.717) is 28.8 Å². The molecule has 0 N–H and O–H groups in total. The molecule has 0 radical (unpaired) electrons. The van der Waals surface area contributed by atoms with E-state index in [-0.39, 0.29) is 12.5 Å². The largest absolute Gasteiger partial charge is 0.337 e. The van der Waals surface area contributed by atoms with Crippen molar-refractivity contribution in [3.63, 3.8) is 0 Å². The van der Waals surface area contributed by atoms with Crippen molar-refractivity contribution in [3.05, 3.63) is 83.7 Å². The van der Waals surface area contributed by atoms with E-state index < -0.39 is 0 Å². The molecule has 0 fully saturated rings. The lowest BCUT2D eigenvalue weighted by atomic mass is 10.2. The molecule has 1 amide bonds. The summed E-state index contributed by atoms with van der Waals surface area (Å²) in [4.78, 5) is 18.6. The van der Waals surface area contributed by atoms with Crippen molar-refractivity contribution >= 4 is 17.5 Å². The van der Waals surface area contributed by atoms with Crippen molar-refractivity contribution in [1.29, 1.82) is 0 Å². The second-order valence-corrected chi connectivity index (χ2v) is 5.80. The summed E-state index contributed by atoms with van der Waals surface area (Å²) < 4.78 is 5.29. The minimum Gasteiger partial charge on any atom is -0.337 e. The molecule has 0 unspecified atom stereocenters. The van der Waals surface area contributed by atoms with Crippen LogP contribution in [0.25, 0.3) is 11.4 Å². The number of rotatable bonds is 6. The number of hydrogen-bond donors (Lipinski definition) is 0. The van der Waals surface area contributed by atoms with Gasteiger partial charge in [-0.15, -0.1) is 6.58 Å². The van der Waals surface area contributed by atoms with E-state index in [1.54, 1.807) is 35.2 Å². The van der Waals surface area contributed by atoms with Crippen LogP contribution in [0, 0.1) is 0 Å². The maximum Gasteiger partial charge on any atom is 0.254 e. The predicted octanol–water partition coefficient (Wildman–Crippen LogP) is 4.22. The molecule has 0 spiro atoms. The molecule has 6 heteroatoms. The van der Waals surface area contributed by atoms with Crippen molar-refractivity contribution in [1.82, 2.24) is 15.0 Å². The number of benzene rings is 2. The third-order valence-corrected chi connectivity index (χ3v) is 3.81. The fourth-order valence-electron chi connectivity index (χ4n) is 2.34. The van der Waals surface area contributed by atoms with Crippen LogP contribution < -0.4 is 0 Å². The molecule has 0 aliphatic rings. The first-order valence-electron chi connectivity index (χ1n) is 7.71. The summed E-state index contributed by atoms with van der Waals surface area (Å²) in [7, 11) is 0. The van der Waals surface area contributed by atoms with Gasteiger partial charge in [0, 0.05) is 22.7 Å². The van der Waals surface area contributed by atoms with E-state index >= 15 is 0 Å². The highest BCUT2D eigenvalue weighted by Gasteiger charge is 2.18. The Morgan fingerprint density at radius 3 is 2.56 bits per heavy atom. The van der Waals surface area contributed by atoms with Gasteiger partial charge in [0.05, 0.1) is 0 Å². The van der Waals surface area contributed by atoms with Crippen LogP contribution in [0.5, 0.6) is 0 Å². The molecule has 2 aromatic carbocycles. The van der Waals surface area contributed by atoms with Crippen LogP contribution in [-0.2, 0) is 6.54 Å². The van der Waals surface area contributed by atoms with Gasteiger partial charge in [-0.05, 0) is 36.4 Å². The number of hydrogen-bond acceptors (Lipinski definition) is 4. The normalized spacial score (nSPS) is 10.4. The van der Waals surface area contributed by atoms with Crippen LogP contribution in [0.2, 0.25) is 5.02 Å². The van der Waals surface area contributed by atoms with Crippen molar-refractivity contribution in [3.8, 4) is 11.4 Å². The van der Waals surface area contributed by atoms with E-state index in [1.165, 1.54) is 0 Å². The lowest BCUT2D eigenvalue weighted by molar-refractivity contribution is 0.0745. The van der Waals surface area contributed by atoms with Gasteiger partial charge in [-0.1, -0.05) is 41.0 Å². The van der Waals surface area contributed by atoms with Crippen LogP contribution in [0.3, 0.4) is 0 Å². The lowest BCUT2D eigenvalue weighted by Crippen LogP contribution is -2.30. The van der Waals surface area contributed by atoms with Crippen LogP contribution in [0.1, 0.15) is 16.2 Å². The molecule has 1 aromatic heterocycles. The number of halogens is 1. The Labute approximate surface area is 150 Å². The molecular weight excluding hydrogens is 338 g/mol. The minimum absolute atomic E-state index is 0.119. The van der Waals surface area contributed by atoms with E-state index in [2.05, 4.69) is 16.7 Å². The van der Waals surface area contributed by atoms with Crippen molar-refractivity contribution in [2.24, 2.45) is 0 Å². The van der Waals surface area contributed by atoms with Crippen LogP contribution in [0.4, 0.5) is 0 Å². The van der Waals surface area contributed by atoms with Gasteiger partial charge in [-0.25, -0.2) is 0 Å². The van der Waals surface area contributed by atoms with Gasteiger partial charge in [-0.2, -0.15) is 4.98 Å². The van der Waals surface area contributed by atoms with Gasteiger partial charge in [0.15, 0.2) is 0 Å². The molecule has 0 saturated heterocycles. The smallest absolute Gasteiger partial charge is 0.254 e. The standard InChI is InChI=1S/C19H16ClN3O2/c1-2-12-23(19(24)15-6-4-3-5-7-15)13-17-21-18(22-25-17)14-8-10-16(20)11-9-14/h2-11H,1,12-13H2. The summed E-state index contributed by atoms with van der Waals surface area (Å²) in [6, 6.07) is 16.2. The molecule has 3 aromatic rings. The van der Waals surface area contributed by atoms with Crippen molar-refractivity contribution in [2.45, 2.75) is 6.54 Å². The Kier molecular flexibility index (Phi) is 5.26. The monoisotopic (exact) mass is 353 g/mol. The first-order valence-corrected chi connectivity index (χ1v) is 8.09. The van der Waals surface area contributed by atoms with Gasteiger partial charge in [0.1, 0.15) is 6.54 Å². The molecule has 0 atom stereocenters. The minimum atomic E-state index is -0.119. The van der Waals surface area contributed by atoms with Crippen molar-refractivity contribution < 1.29 is 9.32 Å². The molecule has 0 bridgehead atoms. The van der Waals surface area contributed by atoms with Crippen LogP contribution in [0.15, 0.2) is 71.8 Å². The molecule has 3 rings (SSSR count). The highest BCUT2D eigenvalue weighted by Crippen LogP contribution is 2.19. The van der Waals surface area contributed by atoms with E-state index in [0.717, 1.165) is 5.56 Å². The summed E-state index contributed by atoms with van der Waals surface area (Å²) in [5.74, 6) is 0.695. The van der Waals surface area contributed by atoms with Gasteiger partial charge >= 0.3 is 0 Å². The number of nitrogens with zero attached hydrogens (tertiary/aromatic N) is 3. The summed E-state index contributed by atoms with van der Waals surface area (Å²) in [5, 5.41) is 4.61.